The number of aryl methyl sites for hydroxylation is 1. The monoisotopic (exact) mass is 400 g/mol. The molecule has 130 valence electrons. The second kappa shape index (κ2) is 6.88. The minimum atomic E-state index is -0.0655. The summed E-state index contributed by atoms with van der Waals surface area (Å²) in [7, 11) is 0. The minimum absolute atomic E-state index is 0.0655. The summed E-state index contributed by atoms with van der Waals surface area (Å²) in [6, 6.07) is 15.0. The molecular formula is C20H14Cl2N2OS. The zero-order chi connectivity index (χ0) is 18.3. The van der Waals surface area contributed by atoms with Gasteiger partial charge in [-0.15, -0.1) is 11.3 Å². The van der Waals surface area contributed by atoms with Gasteiger partial charge in [-0.05, 0) is 36.2 Å². The molecule has 0 radical (unpaired) electrons. The van der Waals surface area contributed by atoms with Gasteiger partial charge in [0.1, 0.15) is 4.83 Å². The Kier molecular flexibility index (Phi) is 4.57. The highest BCUT2D eigenvalue weighted by atomic mass is 35.5. The molecule has 0 saturated heterocycles. The van der Waals surface area contributed by atoms with Gasteiger partial charge in [-0.2, -0.15) is 0 Å². The molecule has 4 aromatic rings. The molecule has 0 spiro atoms. The third kappa shape index (κ3) is 3.05. The fourth-order valence-corrected chi connectivity index (χ4v) is 4.35. The number of thiophene rings is 1. The van der Waals surface area contributed by atoms with E-state index in [-0.39, 0.29) is 5.56 Å². The second-order valence-electron chi connectivity index (χ2n) is 5.99. The molecule has 0 atom stereocenters. The molecule has 2 aromatic heterocycles. The summed E-state index contributed by atoms with van der Waals surface area (Å²) in [6.45, 7) is 2.39. The number of rotatable bonds is 3. The molecule has 0 bridgehead atoms. The number of aromatic nitrogens is 2. The summed E-state index contributed by atoms with van der Waals surface area (Å²) < 4.78 is 1.61. The van der Waals surface area contributed by atoms with Crippen molar-refractivity contribution in [2.75, 3.05) is 0 Å². The van der Waals surface area contributed by atoms with Crippen molar-refractivity contribution in [2.45, 2.75) is 13.5 Å². The predicted octanol–water partition coefficient (Wildman–Crippen LogP) is 5.79. The second-order valence-corrected chi connectivity index (χ2v) is 8.04. The van der Waals surface area contributed by atoms with Crippen molar-refractivity contribution in [2.24, 2.45) is 0 Å². The van der Waals surface area contributed by atoms with Gasteiger partial charge in [0.25, 0.3) is 5.56 Å². The molecule has 0 unspecified atom stereocenters. The lowest BCUT2D eigenvalue weighted by atomic mass is 10.0. The van der Waals surface area contributed by atoms with Gasteiger partial charge in [0.2, 0.25) is 0 Å². The lowest BCUT2D eigenvalue weighted by Gasteiger charge is -2.08. The van der Waals surface area contributed by atoms with Crippen LogP contribution in [0.2, 0.25) is 10.0 Å². The van der Waals surface area contributed by atoms with Crippen LogP contribution in [0.25, 0.3) is 21.3 Å². The first kappa shape index (κ1) is 17.3. The summed E-state index contributed by atoms with van der Waals surface area (Å²) in [6.07, 6.45) is 1.59. The Morgan fingerprint density at radius 3 is 2.54 bits per heavy atom. The zero-order valence-corrected chi connectivity index (χ0v) is 16.2. The number of halogens is 2. The van der Waals surface area contributed by atoms with Crippen molar-refractivity contribution in [3.63, 3.8) is 0 Å². The van der Waals surface area contributed by atoms with Crippen molar-refractivity contribution < 1.29 is 0 Å². The topological polar surface area (TPSA) is 34.9 Å². The molecule has 0 amide bonds. The Balaban J connectivity index is 1.89. The highest BCUT2D eigenvalue weighted by Gasteiger charge is 2.17. The minimum Gasteiger partial charge on any atom is -0.294 e. The van der Waals surface area contributed by atoms with Crippen molar-refractivity contribution in [3.05, 3.63) is 85.7 Å². The van der Waals surface area contributed by atoms with Crippen molar-refractivity contribution in [1.29, 1.82) is 0 Å². The van der Waals surface area contributed by atoms with Crippen LogP contribution in [-0.2, 0) is 6.54 Å². The quantitative estimate of drug-likeness (QED) is 0.436. The van der Waals surface area contributed by atoms with E-state index in [4.69, 9.17) is 23.2 Å². The highest BCUT2D eigenvalue weighted by Crippen LogP contribution is 2.35. The van der Waals surface area contributed by atoms with E-state index in [1.807, 2.05) is 55.5 Å². The first-order valence-electron chi connectivity index (χ1n) is 8.02. The first-order chi connectivity index (χ1) is 12.5. The van der Waals surface area contributed by atoms with Crippen molar-refractivity contribution in [1.82, 2.24) is 9.55 Å². The highest BCUT2D eigenvalue weighted by molar-refractivity contribution is 7.19. The molecule has 0 aliphatic rings. The Morgan fingerprint density at radius 2 is 1.81 bits per heavy atom. The molecule has 0 aliphatic heterocycles. The maximum Gasteiger partial charge on any atom is 0.263 e. The normalized spacial score (nSPS) is 11.2. The number of benzene rings is 2. The lowest BCUT2D eigenvalue weighted by molar-refractivity contribution is 0.749. The van der Waals surface area contributed by atoms with Crippen LogP contribution < -0.4 is 5.56 Å². The zero-order valence-electron chi connectivity index (χ0n) is 13.9. The summed E-state index contributed by atoms with van der Waals surface area (Å²) in [5.74, 6) is 0. The molecule has 6 heteroatoms. The maximum atomic E-state index is 13.2. The third-order valence-electron chi connectivity index (χ3n) is 4.29. The Morgan fingerprint density at radius 1 is 1.08 bits per heavy atom. The Bertz CT molecular complexity index is 1160. The van der Waals surface area contributed by atoms with Gasteiger partial charge in [0.15, 0.2) is 0 Å². The van der Waals surface area contributed by atoms with Crippen LogP contribution in [0, 0.1) is 6.92 Å². The van der Waals surface area contributed by atoms with E-state index >= 15 is 0 Å². The van der Waals surface area contributed by atoms with Crippen LogP contribution >= 0.6 is 34.5 Å². The van der Waals surface area contributed by atoms with Gasteiger partial charge in [-0.25, -0.2) is 4.98 Å². The number of fused-ring (bicyclic) bond motifs is 1. The molecule has 3 nitrogen and oxygen atoms in total. The van der Waals surface area contributed by atoms with Gasteiger partial charge in [0, 0.05) is 20.5 Å². The van der Waals surface area contributed by atoms with Gasteiger partial charge >= 0.3 is 0 Å². The van der Waals surface area contributed by atoms with Crippen LogP contribution in [0.1, 0.15) is 10.4 Å². The van der Waals surface area contributed by atoms with E-state index in [9.17, 15) is 4.79 Å². The largest absolute Gasteiger partial charge is 0.294 e. The molecule has 2 aromatic carbocycles. The maximum absolute atomic E-state index is 13.2. The summed E-state index contributed by atoms with van der Waals surface area (Å²) >= 11 is 13.8. The smallest absolute Gasteiger partial charge is 0.263 e. The van der Waals surface area contributed by atoms with E-state index in [0.29, 0.717) is 22.0 Å². The lowest BCUT2D eigenvalue weighted by Crippen LogP contribution is -2.21. The fraction of sp³-hybridized carbons (Fsp3) is 0.100. The van der Waals surface area contributed by atoms with E-state index in [0.717, 1.165) is 26.4 Å². The summed E-state index contributed by atoms with van der Waals surface area (Å²) in [5.41, 5.74) is 2.71. The van der Waals surface area contributed by atoms with Crippen LogP contribution in [-0.4, -0.2) is 9.55 Å². The van der Waals surface area contributed by atoms with Crippen LogP contribution in [0.5, 0.6) is 0 Å². The average Bonchev–Trinajstić information content (AvgIpc) is 2.97. The van der Waals surface area contributed by atoms with Crippen molar-refractivity contribution in [3.8, 4) is 11.1 Å². The van der Waals surface area contributed by atoms with Crippen LogP contribution in [0.4, 0.5) is 0 Å². The predicted molar refractivity (Wildman–Crippen MR) is 110 cm³/mol. The van der Waals surface area contributed by atoms with E-state index < -0.39 is 0 Å². The van der Waals surface area contributed by atoms with Gasteiger partial charge in [-0.3, -0.25) is 9.36 Å². The summed E-state index contributed by atoms with van der Waals surface area (Å²) in [5, 5.41) is 1.95. The fourth-order valence-electron chi connectivity index (χ4n) is 3.02. The molecular weight excluding hydrogens is 387 g/mol. The van der Waals surface area contributed by atoms with Crippen LogP contribution in [0.15, 0.2) is 59.7 Å². The van der Waals surface area contributed by atoms with Gasteiger partial charge in [-0.1, -0.05) is 53.5 Å². The molecule has 0 aliphatic carbocycles. The molecule has 0 N–H and O–H groups in total. The van der Waals surface area contributed by atoms with Gasteiger partial charge < -0.3 is 0 Å². The van der Waals surface area contributed by atoms with Gasteiger partial charge in [0.05, 0.1) is 18.3 Å². The van der Waals surface area contributed by atoms with Crippen molar-refractivity contribution >= 4 is 44.8 Å². The number of hydrogen-bond acceptors (Lipinski definition) is 3. The molecule has 0 saturated carbocycles. The van der Waals surface area contributed by atoms with Crippen LogP contribution in [0.3, 0.4) is 0 Å². The Hall–Kier alpha value is -2.14. The van der Waals surface area contributed by atoms with E-state index in [1.165, 1.54) is 11.3 Å². The first-order valence-corrected chi connectivity index (χ1v) is 9.59. The SMILES string of the molecule is Cc1sc2ncn(Cc3ccccc3Cl)c(=O)c2c1-c1ccc(Cl)cc1. The number of hydrogen-bond donors (Lipinski definition) is 0. The van der Waals surface area contributed by atoms with E-state index in [2.05, 4.69) is 4.98 Å². The molecule has 4 rings (SSSR count). The number of nitrogens with zero attached hydrogens (tertiary/aromatic N) is 2. The third-order valence-corrected chi connectivity index (χ3v) is 5.92. The molecule has 0 fully saturated rings. The Labute approximate surface area is 164 Å². The standard InChI is InChI=1S/C20H14Cl2N2OS/c1-12-17(13-6-8-15(21)9-7-13)18-19(26-12)23-11-24(20(18)25)10-14-4-2-3-5-16(14)22/h2-9,11H,10H2,1H3. The molecule has 26 heavy (non-hydrogen) atoms. The summed E-state index contributed by atoms with van der Waals surface area (Å²) in [4.78, 5) is 19.5. The van der Waals surface area contributed by atoms with E-state index in [1.54, 1.807) is 10.9 Å². The molecule has 2 heterocycles. The average molecular weight is 401 g/mol.